The number of carbonyl (C=O) groups excluding carboxylic acids is 2. The SMILES string of the molecule is COCCN1C(=O)C(=O)/C(=C(/O)c2cc(C(C)(C)C)ccc2C)C1c1ccc(C)o1. The van der Waals surface area contributed by atoms with Crippen LogP contribution in [-0.4, -0.2) is 42.0 Å². The van der Waals surface area contributed by atoms with Crippen molar-refractivity contribution in [3.8, 4) is 0 Å². The molecule has 2 heterocycles. The first-order valence-corrected chi connectivity index (χ1v) is 10.0. The second kappa shape index (κ2) is 8.11. The standard InChI is InChI=1S/C24H29NO5/c1-14-7-9-16(24(3,4)5)13-17(14)21(26)19-20(18-10-8-15(2)30-18)25(11-12-29-6)23(28)22(19)27/h7-10,13,20,26H,11-12H2,1-6H3/b21-19+. The summed E-state index contributed by atoms with van der Waals surface area (Å²) in [6.45, 7) is 10.4. The Bertz CT molecular complexity index is 1010. The summed E-state index contributed by atoms with van der Waals surface area (Å²) in [4.78, 5) is 27.2. The third-order valence-electron chi connectivity index (χ3n) is 5.47. The number of aryl methyl sites for hydroxylation is 2. The average molecular weight is 411 g/mol. The molecule has 1 N–H and O–H groups in total. The number of aliphatic hydroxyl groups is 1. The quantitative estimate of drug-likeness (QED) is 0.452. The predicted molar refractivity (Wildman–Crippen MR) is 114 cm³/mol. The van der Waals surface area contributed by atoms with Crippen molar-refractivity contribution in [3.05, 3.63) is 64.1 Å². The van der Waals surface area contributed by atoms with Crippen LogP contribution in [0, 0.1) is 13.8 Å². The number of nitrogens with zero attached hydrogens (tertiary/aromatic N) is 1. The number of likely N-dealkylation sites (tertiary alicyclic amines) is 1. The number of rotatable bonds is 5. The van der Waals surface area contributed by atoms with Crippen molar-refractivity contribution in [2.24, 2.45) is 0 Å². The van der Waals surface area contributed by atoms with Crippen molar-refractivity contribution in [2.45, 2.75) is 46.1 Å². The summed E-state index contributed by atoms with van der Waals surface area (Å²) in [6.07, 6.45) is 0. The lowest BCUT2D eigenvalue weighted by Crippen LogP contribution is -2.32. The first kappa shape index (κ1) is 21.8. The van der Waals surface area contributed by atoms with Crippen LogP contribution in [0.4, 0.5) is 0 Å². The summed E-state index contributed by atoms with van der Waals surface area (Å²) >= 11 is 0. The van der Waals surface area contributed by atoms with E-state index in [-0.39, 0.29) is 29.9 Å². The lowest BCUT2D eigenvalue weighted by atomic mass is 9.84. The number of furan rings is 1. The van der Waals surface area contributed by atoms with E-state index in [0.29, 0.717) is 17.1 Å². The molecule has 160 valence electrons. The van der Waals surface area contributed by atoms with E-state index in [1.54, 1.807) is 19.1 Å². The first-order chi connectivity index (χ1) is 14.1. The fraction of sp³-hybridized carbons (Fsp3) is 0.417. The molecule has 0 spiro atoms. The summed E-state index contributed by atoms with van der Waals surface area (Å²) in [5, 5.41) is 11.3. The van der Waals surface area contributed by atoms with E-state index in [4.69, 9.17) is 9.15 Å². The number of methoxy groups -OCH3 is 1. The van der Waals surface area contributed by atoms with Crippen LogP contribution < -0.4 is 0 Å². The van der Waals surface area contributed by atoms with Crippen molar-refractivity contribution in [1.29, 1.82) is 0 Å². The number of hydrogen-bond donors (Lipinski definition) is 1. The van der Waals surface area contributed by atoms with Gasteiger partial charge in [0.05, 0.1) is 12.2 Å². The number of ketones is 1. The smallest absolute Gasteiger partial charge is 0.295 e. The highest BCUT2D eigenvalue weighted by Gasteiger charge is 2.47. The van der Waals surface area contributed by atoms with Gasteiger partial charge in [0.1, 0.15) is 23.3 Å². The molecule has 3 rings (SSSR count). The van der Waals surface area contributed by atoms with E-state index in [2.05, 4.69) is 20.8 Å². The molecular formula is C24H29NO5. The predicted octanol–water partition coefficient (Wildman–Crippen LogP) is 4.26. The van der Waals surface area contributed by atoms with E-state index in [9.17, 15) is 14.7 Å². The molecule has 1 amide bonds. The largest absolute Gasteiger partial charge is 0.507 e. The van der Waals surface area contributed by atoms with Gasteiger partial charge >= 0.3 is 0 Å². The molecule has 2 aromatic rings. The van der Waals surface area contributed by atoms with Crippen LogP contribution in [0.3, 0.4) is 0 Å². The Hall–Kier alpha value is -2.86. The van der Waals surface area contributed by atoms with Crippen LogP contribution in [0.2, 0.25) is 0 Å². The normalized spacial score (nSPS) is 19.0. The summed E-state index contributed by atoms with van der Waals surface area (Å²) in [6, 6.07) is 8.53. The maximum Gasteiger partial charge on any atom is 0.295 e. The molecule has 6 heteroatoms. The van der Waals surface area contributed by atoms with Crippen molar-refractivity contribution < 1.29 is 23.8 Å². The maximum absolute atomic E-state index is 13.0. The van der Waals surface area contributed by atoms with E-state index in [1.165, 1.54) is 12.0 Å². The number of Topliss-reactive ketones (excluding diaryl/α,β-unsaturated/α-hetero) is 1. The van der Waals surface area contributed by atoms with Crippen LogP contribution in [-0.2, 0) is 19.7 Å². The number of carbonyl (C=O) groups is 2. The van der Waals surface area contributed by atoms with Crippen molar-refractivity contribution in [2.75, 3.05) is 20.3 Å². The molecular weight excluding hydrogens is 382 g/mol. The third kappa shape index (κ3) is 3.92. The Balaban J connectivity index is 2.21. The van der Waals surface area contributed by atoms with Crippen molar-refractivity contribution in [1.82, 2.24) is 4.90 Å². The highest BCUT2D eigenvalue weighted by Crippen LogP contribution is 2.40. The third-order valence-corrected chi connectivity index (χ3v) is 5.47. The van der Waals surface area contributed by atoms with E-state index >= 15 is 0 Å². The highest BCUT2D eigenvalue weighted by atomic mass is 16.5. The molecule has 0 saturated carbocycles. The number of aliphatic hydroxyl groups excluding tert-OH is 1. The maximum atomic E-state index is 13.0. The minimum Gasteiger partial charge on any atom is -0.507 e. The fourth-order valence-electron chi connectivity index (χ4n) is 3.69. The van der Waals surface area contributed by atoms with Crippen molar-refractivity contribution in [3.63, 3.8) is 0 Å². The first-order valence-electron chi connectivity index (χ1n) is 10.0. The molecule has 1 unspecified atom stereocenters. The molecule has 1 saturated heterocycles. The van der Waals surface area contributed by atoms with Gasteiger partial charge in [-0.15, -0.1) is 0 Å². The van der Waals surface area contributed by atoms with Crippen LogP contribution in [0.15, 0.2) is 40.3 Å². The van der Waals surface area contributed by atoms with Crippen LogP contribution in [0.25, 0.3) is 5.76 Å². The average Bonchev–Trinajstić information content (AvgIpc) is 3.21. The molecule has 1 fully saturated rings. The van der Waals surface area contributed by atoms with E-state index in [1.807, 2.05) is 25.1 Å². The second-order valence-electron chi connectivity index (χ2n) is 8.71. The minimum atomic E-state index is -0.799. The van der Waals surface area contributed by atoms with Gasteiger partial charge in [-0.05, 0) is 48.6 Å². The van der Waals surface area contributed by atoms with Gasteiger partial charge in [-0.3, -0.25) is 9.59 Å². The summed E-state index contributed by atoms with van der Waals surface area (Å²) < 4.78 is 10.9. The molecule has 1 atom stereocenters. The zero-order valence-corrected chi connectivity index (χ0v) is 18.4. The molecule has 6 nitrogen and oxygen atoms in total. The topological polar surface area (TPSA) is 80.0 Å². The number of ether oxygens (including phenoxy) is 1. The number of benzene rings is 1. The van der Waals surface area contributed by atoms with Gasteiger partial charge < -0.3 is 19.2 Å². The van der Waals surface area contributed by atoms with Crippen molar-refractivity contribution >= 4 is 17.4 Å². The molecule has 0 aliphatic carbocycles. The van der Waals surface area contributed by atoms with Gasteiger partial charge in [-0.25, -0.2) is 0 Å². The monoisotopic (exact) mass is 411 g/mol. The molecule has 30 heavy (non-hydrogen) atoms. The Labute approximate surface area is 177 Å². The molecule has 1 aliphatic rings. The van der Waals surface area contributed by atoms with Crippen LogP contribution >= 0.6 is 0 Å². The zero-order valence-electron chi connectivity index (χ0n) is 18.4. The fourth-order valence-corrected chi connectivity index (χ4v) is 3.69. The Morgan fingerprint density at radius 3 is 2.43 bits per heavy atom. The molecule has 1 aromatic carbocycles. The van der Waals surface area contributed by atoms with Crippen LogP contribution in [0.1, 0.15) is 55.0 Å². The van der Waals surface area contributed by atoms with Gasteiger partial charge in [-0.2, -0.15) is 0 Å². The Kier molecular flexibility index (Phi) is 5.90. The van der Waals surface area contributed by atoms with Gasteiger partial charge in [0.15, 0.2) is 0 Å². The summed E-state index contributed by atoms with van der Waals surface area (Å²) in [7, 11) is 1.53. The Morgan fingerprint density at radius 1 is 1.17 bits per heavy atom. The number of hydrogen-bond acceptors (Lipinski definition) is 5. The summed E-state index contributed by atoms with van der Waals surface area (Å²) in [5.74, 6) is -0.473. The van der Waals surface area contributed by atoms with E-state index < -0.39 is 17.7 Å². The van der Waals surface area contributed by atoms with Gasteiger partial charge in [0.25, 0.3) is 11.7 Å². The molecule has 1 aliphatic heterocycles. The second-order valence-corrected chi connectivity index (χ2v) is 8.71. The van der Waals surface area contributed by atoms with Gasteiger partial charge in [-0.1, -0.05) is 32.9 Å². The molecule has 0 radical (unpaired) electrons. The highest BCUT2D eigenvalue weighted by molar-refractivity contribution is 6.46. The van der Waals surface area contributed by atoms with Crippen LogP contribution in [0.5, 0.6) is 0 Å². The lowest BCUT2D eigenvalue weighted by molar-refractivity contribution is -0.140. The molecule has 1 aromatic heterocycles. The van der Waals surface area contributed by atoms with Gasteiger partial charge in [0.2, 0.25) is 0 Å². The summed E-state index contributed by atoms with van der Waals surface area (Å²) in [5.41, 5.74) is 2.29. The zero-order chi connectivity index (χ0) is 22.2. The van der Waals surface area contributed by atoms with Gasteiger partial charge in [0, 0.05) is 19.2 Å². The Morgan fingerprint density at radius 2 is 1.87 bits per heavy atom. The number of amides is 1. The lowest BCUT2D eigenvalue weighted by Gasteiger charge is -2.24. The molecule has 0 bridgehead atoms. The van der Waals surface area contributed by atoms with E-state index in [0.717, 1.165) is 11.1 Å². The minimum absolute atomic E-state index is 0.0413.